The Bertz CT molecular complexity index is 452. The molecule has 1 aromatic heterocycles. The monoisotopic (exact) mass is 265 g/mol. The molecule has 0 bridgehead atoms. The summed E-state index contributed by atoms with van der Waals surface area (Å²) in [5.41, 5.74) is 0.0549. The normalized spacial score (nSPS) is 21.1. The summed E-state index contributed by atoms with van der Waals surface area (Å²) in [4.78, 5) is 11.9. The van der Waals surface area contributed by atoms with E-state index >= 15 is 0 Å². The standard InChI is InChI=1S/C15H23NO3/c1-11-8-12(9-19-11)13(17)16-10-15(18)6-4-14(2,3)5-7-15/h8-9,18H,4-7,10H2,1-3H3,(H,16,17). The summed E-state index contributed by atoms with van der Waals surface area (Å²) in [6.07, 6.45) is 4.91. The molecule has 19 heavy (non-hydrogen) atoms. The predicted octanol–water partition coefficient (Wildman–Crippen LogP) is 2.65. The lowest BCUT2D eigenvalue weighted by Gasteiger charge is -2.40. The van der Waals surface area contributed by atoms with Crippen LogP contribution < -0.4 is 5.32 Å². The van der Waals surface area contributed by atoms with Crippen LogP contribution in [-0.2, 0) is 0 Å². The molecule has 0 atom stereocenters. The molecule has 1 aliphatic carbocycles. The van der Waals surface area contributed by atoms with Crippen LogP contribution in [-0.4, -0.2) is 23.2 Å². The highest BCUT2D eigenvalue weighted by Gasteiger charge is 2.36. The van der Waals surface area contributed by atoms with Gasteiger partial charge in [-0.2, -0.15) is 0 Å². The van der Waals surface area contributed by atoms with Gasteiger partial charge in [-0.1, -0.05) is 13.8 Å². The van der Waals surface area contributed by atoms with Gasteiger partial charge in [0.1, 0.15) is 12.0 Å². The molecule has 1 aromatic rings. The fraction of sp³-hybridized carbons (Fsp3) is 0.667. The van der Waals surface area contributed by atoms with Gasteiger partial charge in [0.15, 0.2) is 0 Å². The Hall–Kier alpha value is -1.29. The molecule has 0 spiro atoms. The Kier molecular flexibility index (Phi) is 3.72. The number of furan rings is 1. The van der Waals surface area contributed by atoms with Crippen molar-refractivity contribution in [2.45, 2.75) is 52.1 Å². The number of aliphatic hydroxyl groups is 1. The molecule has 0 saturated heterocycles. The highest BCUT2D eigenvalue weighted by atomic mass is 16.3. The van der Waals surface area contributed by atoms with Crippen molar-refractivity contribution in [1.82, 2.24) is 5.32 Å². The summed E-state index contributed by atoms with van der Waals surface area (Å²) < 4.78 is 5.11. The first kappa shape index (κ1) is 14.1. The van der Waals surface area contributed by atoms with Crippen LogP contribution in [0.15, 0.2) is 16.7 Å². The van der Waals surface area contributed by atoms with Gasteiger partial charge in [-0.25, -0.2) is 0 Å². The minimum atomic E-state index is -0.760. The van der Waals surface area contributed by atoms with Crippen LogP contribution in [0.25, 0.3) is 0 Å². The summed E-state index contributed by atoms with van der Waals surface area (Å²) in [6, 6.07) is 1.70. The maximum atomic E-state index is 11.9. The van der Waals surface area contributed by atoms with Crippen molar-refractivity contribution in [2.24, 2.45) is 5.41 Å². The summed E-state index contributed by atoms with van der Waals surface area (Å²) >= 11 is 0. The van der Waals surface area contributed by atoms with Crippen molar-refractivity contribution < 1.29 is 14.3 Å². The third-order valence-electron chi connectivity index (χ3n) is 4.11. The van der Waals surface area contributed by atoms with Crippen LogP contribution in [0.1, 0.15) is 55.6 Å². The molecule has 1 heterocycles. The van der Waals surface area contributed by atoms with Gasteiger partial charge in [0.2, 0.25) is 0 Å². The number of hydrogen-bond donors (Lipinski definition) is 2. The summed E-state index contributed by atoms with van der Waals surface area (Å²) in [5.74, 6) is 0.526. The molecule has 0 aliphatic heterocycles. The number of hydrogen-bond acceptors (Lipinski definition) is 3. The van der Waals surface area contributed by atoms with Crippen LogP contribution in [0.4, 0.5) is 0 Å². The molecule has 1 amide bonds. The molecule has 2 N–H and O–H groups in total. The van der Waals surface area contributed by atoms with Gasteiger partial charge in [-0.05, 0) is 44.1 Å². The molecule has 1 saturated carbocycles. The molecular weight excluding hydrogens is 242 g/mol. The van der Waals surface area contributed by atoms with E-state index in [1.165, 1.54) is 6.26 Å². The Balaban J connectivity index is 1.87. The summed E-state index contributed by atoms with van der Waals surface area (Å²) in [5, 5.41) is 13.3. The molecule has 106 valence electrons. The zero-order valence-electron chi connectivity index (χ0n) is 12.0. The number of amides is 1. The topological polar surface area (TPSA) is 62.5 Å². The molecule has 4 nitrogen and oxygen atoms in total. The lowest BCUT2D eigenvalue weighted by molar-refractivity contribution is -0.0233. The van der Waals surface area contributed by atoms with Crippen LogP contribution in [0.2, 0.25) is 0 Å². The SMILES string of the molecule is Cc1cc(C(=O)NCC2(O)CCC(C)(C)CC2)co1. The fourth-order valence-electron chi connectivity index (χ4n) is 2.48. The van der Waals surface area contributed by atoms with Crippen molar-refractivity contribution in [2.75, 3.05) is 6.54 Å². The number of nitrogens with one attached hydrogen (secondary N) is 1. The van der Waals surface area contributed by atoms with Gasteiger partial charge in [-0.15, -0.1) is 0 Å². The third-order valence-corrected chi connectivity index (χ3v) is 4.11. The first-order valence-corrected chi connectivity index (χ1v) is 6.85. The Morgan fingerprint density at radius 3 is 2.53 bits per heavy atom. The van der Waals surface area contributed by atoms with E-state index in [2.05, 4.69) is 19.2 Å². The van der Waals surface area contributed by atoms with Crippen LogP contribution in [0, 0.1) is 12.3 Å². The molecule has 0 aromatic carbocycles. The minimum Gasteiger partial charge on any atom is -0.469 e. The minimum absolute atomic E-state index is 0.185. The van der Waals surface area contributed by atoms with Crippen molar-refractivity contribution in [1.29, 1.82) is 0 Å². The molecule has 1 fully saturated rings. The average Bonchev–Trinajstić information content (AvgIpc) is 2.78. The largest absolute Gasteiger partial charge is 0.469 e. The van der Waals surface area contributed by atoms with Crippen LogP contribution >= 0.6 is 0 Å². The average molecular weight is 265 g/mol. The summed E-state index contributed by atoms with van der Waals surface area (Å²) in [7, 11) is 0. The lowest BCUT2D eigenvalue weighted by atomic mass is 9.71. The van der Waals surface area contributed by atoms with Crippen molar-refractivity contribution in [3.05, 3.63) is 23.7 Å². The van der Waals surface area contributed by atoms with Gasteiger partial charge in [0, 0.05) is 6.54 Å². The second-order valence-corrected chi connectivity index (χ2v) is 6.52. The lowest BCUT2D eigenvalue weighted by Crippen LogP contribution is -2.46. The third kappa shape index (κ3) is 3.60. The quantitative estimate of drug-likeness (QED) is 0.883. The smallest absolute Gasteiger partial charge is 0.254 e. The van der Waals surface area contributed by atoms with Crippen LogP contribution in [0.3, 0.4) is 0 Å². The van der Waals surface area contributed by atoms with E-state index in [0.29, 0.717) is 23.3 Å². The van der Waals surface area contributed by atoms with Gasteiger partial charge in [0.25, 0.3) is 5.91 Å². The van der Waals surface area contributed by atoms with Crippen molar-refractivity contribution in [3.63, 3.8) is 0 Å². The number of rotatable bonds is 3. The fourth-order valence-corrected chi connectivity index (χ4v) is 2.48. The predicted molar refractivity (Wildman–Crippen MR) is 73.0 cm³/mol. The van der Waals surface area contributed by atoms with E-state index in [-0.39, 0.29) is 5.91 Å². The molecule has 1 aliphatic rings. The Morgan fingerprint density at radius 1 is 1.37 bits per heavy atom. The maximum absolute atomic E-state index is 11.9. The van der Waals surface area contributed by atoms with E-state index in [4.69, 9.17) is 4.42 Å². The van der Waals surface area contributed by atoms with Crippen LogP contribution in [0.5, 0.6) is 0 Å². The zero-order chi connectivity index (χ0) is 14.1. The van der Waals surface area contributed by atoms with E-state index in [1.807, 2.05) is 0 Å². The van der Waals surface area contributed by atoms with E-state index in [0.717, 1.165) is 25.7 Å². The Morgan fingerprint density at radius 2 is 2.00 bits per heavy atom. The summed E-state index contributed by atoms with van der Waals surface area (Å²) in [6.45, 7) is 6.55. The van der Waals surface area contributed by atoms with E-state index in [1.54, 1.807) is 13.0 Å². The highest BCUT2D eigenvalue weighted by Crippen LogP contribution is 2.39. The zero-order valence-corrected chi connectivity index (χ0v) is 12.0. The molecule has 0 radical (unpaired) electrons. The first-order valence-electron chi connectivity index (χ1n) is 6.85. The molecule has 4 heteroatoms. The van der Waals surface area contributed by atoms with Gasteiger partial charge < -0.3 is 14.8 Å². The van der Waals surface area contributed by atoms with E-state index in [9.17, 15) is 9.90 Å². The number of aryl methyl sites for hydroxylation is 1. The second kappa shape index (κ2) is 5.00. The molecule has 0 unspecified atom stereocenters. The number of carbonyl (C=O) groups excluding carboxylic acids is 1. The highest BCUT2D eigenvalue weighted by molar-refractivity contribution is 5.93. The first-order chi connectivity index (χ1) is 8.80. The van der Waals surface area contributed by atoms with Gasteiger partial charge in [-0.3, -0.25) is 4.79 Å². The van der Waals surface area contributed by atoms with E-state index < -0.39 is 5.60 Å². The van der Waals surface area contributed by atoms with Crippen molar-refractivity contribution >= 4 is 5.91 Å². The molecular formula is C15H23NO3. The van der Waals surface area contributed by atoms with Gasteiger partial charge >= 0.3 is 0 Å². The van der Waals surface area contributed by atoms with Gasteiger partial charge in [0.05, 0.1) is 11.2 Å². The Labute approximate surface area is 114 Å². The van der Waals surface area contributed by atoms with Crippen molar-refractivity contribution in [3.8, 4) is 0 Å². The second-order valence-electron chi connectivity index (χ2n) is 6.52. The maximum Gasteiger partial charge on any atom is 0.254 e. The molecule has 2 rings (SSSR count). The number of carbonyl (C=O) groups is 1.